The fraction of sp³-hybridized carbons (Fsp3) is 0.263. The molecule has 2 aromatic rings. The average molecular weight is 389 g/mol. The molecule has 2 amide bonds. The second kappa shape index (κ2) is 8.79. The van der Waals surface area contributed by atoms with E-state index in [2.05, 4.69) is 5.32 Å². The maximum Gasteiger partial charge on any atom is 0.253 e. The lowest BCUT2D eigenvalue weighted by molar-refractivity contribution is -0.121. The molecule has 0 fully saturated rings. The summed E-state index contributed by atoms with van der Waals surface area (Å²) in [5.74, 6) is -0.221. The Bertz CT molecular complexity index is 922. The summed E-state index contributed by atoms with van der Waals surface area (Å²) >= 11 is 0. The molecule has 0 aliphatic heterocycles. The molecule has 2 rings (SSSR count). The highest BCUT2D eigenvalue weighted by atomic mass is 32.2. The molecule has 0 aromatic heterocycles. The van der Waals surface area contributed by atoms with Gasteiger partial charge in [0.1, 0.15) is 0 Å². The number of primary sulfonamides is 1. The fourth-order valence-electron chi connectivity index (χ4n) is 2.47. The van der Waals surface area contributed by atoms with Gasteiger partial charge in [-0.1, -0.05) is 24.3 Å². The number of nitrogens with one attached hydrogen (secondary N) is 1. The zero-order chi connectivity index (χ0) is 20.0. The van der Waals surface area contributed by atoms with E-state index in [0.717, 1.165) is 11.1 Å². The van der Waals surface area contributed by atoms with Gasteiger partial charge in [-0.15, -0.1) is 0 Å². The monoisotopic (exact) mass is 389 g/mol. The quantitative estimate of drug-likeness (QED) is 0.743. The van der Waals surface area contributed by atoms with Crippen molar-refractivity contribution in [1.82, 2.24) is 10.2 Å². The first kappa shape index (κ1) is 20.6. The standard InChI is InChI=1S/C19H23N3O4S/c1-22(2)19(24)16-5-3-4-15(12-16)13-21-18(23)11-8-14-6-9-17(10-7-14)27(20,25)26/h3-7,9-10,12H,8,11,13H2,1-2H3,(H,21,23)(H2,20,25,26). The molecular weight excluding hydrogens is 366 g/mol. The second-order valence-corrected chi connectivity index (χ2v) is 7.93. The van der Waals surface area contributed by atoms with Crippen molar-refractivity contribution in [3.63, 3.8) is 0 Å². The summed E-state index contributed by atoms with van der Waals surface area (Å²) in [6.07, 6.45) is 0.751. The van der Waals surface area contributed by atoms with E-state index in [1.807, 2.05) is 6.07 Å². The van der Waals surface area contributed by atoms with Crippen molar-refractivity contribution in [2.75, 3.05) is 14.1 Å². The summed E-state index contributed by atoms with van der Waals surface area (Å²) in [5.41, 5.74) is 2.26. The number of nitrogens with two attached hydrogens (primary N) is 1. The molecule has 7 nitrogen and oxygen atoms in total. The Morgan fingerprint density at radius 3 is 2.30 bits per heavy atom. The number of aryl methyl sites for hydroxylation is 1. The van der Waals surface area contributed by atoms with Crippen LogP contribution in [-0.2, 0) is 27.8 Å². The van der Waals surface area contributed by atoms with Gasteiger partial charge in [0.05, 0.1) is 4.90 Å². The normalized spacial score (nSPS) is 11.1. The Balaban J connectivity index is 1.86. The largest absolute Gasteiger partial charge is 0.352 e. The smallest absolute Gasteiger partial charge is 0.253 e. The van der Waals surface area contributed by atoms with Crippen LogP contribution in [0.25, 0.3) is 0 Å². The molecule has 0 saturated heterocycles. The topological polar surface area (TPSA) is 110 Å². The molecular formula is C19H23N3O4S. The zero-order valence-electron chi connectivity index (χ0n) is 15.3. The molecule has 0 heterocycles. The zero-order valence-corrected chi connectivity index (χ0v) is 16.1. The summed E-state index contributed by atoms with van der Waals surface area (Å²) in [5, 5.41) is 7.87. The molecule has 3 N–H and O–H groups in total. The van der Waals surface area contributed by atoms with E-state index in [1.54, 1.807) is 44.4 Å². The number of benzene rings is 2. The lowest BCUT2D eigenvalue weighted by atomic mass is 10.1. The van der Waals surface area contributed by atoms with Gasteiger partial charge < -0.3 is 10.2 Å². The van der Waals surface area contributed by atoms with Gasteiger partial charge in [0.2, 0.25) is 15.9 Å². The number of rotatable bonds is 7. The highest BCUT2D eigenvalue weighted by Crippen LogP contribution is 2.11. The van der Waals surface area contributed by atoms with E-state index < -0.39 is 10.0 Å². The van der Waals surface area contributed by atoms with Crippen molar-refractivity contribution in [2.24, 2.45) is 5.14 Å². The maximum atomic E-state index is 12.0. The molecule has 8 heteroatoms. The molecule has 0 aliphatic rings. The third-order valence-corrected chi connectivity index (χ3v) is 4.89. The van der Waals surface area contributed by atoms with Gasteiger partial charge >= 0.3 is 0 Å². The van der Waals surface area contributed by atoms with Crippen LogP contribution in [0.2, 0.25) is 0 Å². The van der Waals surface area contributed by atoms with E-state index in [9.17, 15) is 18.0 Å². The third kappa shape index (κ3) is 6.19. The number of carbonyl (C=O) groups is 2. The van der Waals surface area contributed by atoms with Crippen molar-refractivity contribution in [3.05, 3.63) is 65.2 Å². The van der Waals surface area contributed by atoms with Gasteiger partial charge in [-0.25, -0.2) is 13.6 Å². The molecule has 27 heavy (non-hydrogen) atoms. The molecule has 0 radical (unpaired) electrons. The number of hydrogen-bond acceptors (Lipinski definition) is 4. The Kier molecular flexibility index (Phi) is 6.70. The van der Waals surface area contributed by atoms with E-state index in [-0.39, 0.29) is 23.1 Å². The molecule has 2 aromatic carbocycles. The van der Waals surface area contributed by atoms with E-state index in [4.69, 9.17) is 5.14 Å². The highest BCUT2D eigenvalue weighted by Gasteiger charge is 2.10. The van der Waals surface area contributed by atoms with Crippen LogP contribution >= 0.6 is 0 Å². The van der Waals surface area contributed by atoms with Crippen LogP contribution in [0.1, 0.15) is 27.9 Å². The minimum Gasteiger partial charge on any atom is -0.352 e. The molecule has 0 atom stereocenters. The highest BCUT2D eigenvalue weighted by molar-refractivity contribution is 7.89. The second-order valence-electron chi connectivity index (χ2n) is 6.37. The number of nitrogens with zero attached hydrogens (tertiary/aromatic N) is 1. The maximum absolute atomic E-state index is 12.0. The Morgan fingerprint density at radius 2 is 1.70 bits per heavy atom. The van der Waals surface area contributed by atoms with Crippen LogP contribution < -0.4 is 10.5 Å². The molecule has 144 valence electrons. The summed E-state index contributed by atoms with van der Waals surface area (Å²) in [6, 6.07) is 13.3. The minimum atomic E-state index is -3.71. The van der Waals surface area contributed by atoms with Gasteiger partial charge in [-0.05, 0) is 41.8 Å². The van der Waals surface area contributed by atoms with Crippen LogP contribution in [0.4, 0.5) is 0 Å². The molecule has 0 saturated carbocycles. The van der Waals surface area contributed by atoms with Gasteiger partial charge in [0.15, 0.2) is 0 Å². The van der Waals surface area contributed by atoms with Crippen LogP contribution in [0, 0.1) is 0 Å². The lowest BCUT2D eigenvalue weighted by Crippen LogP contribution is -2.24. The molecule has 0 bridgehead atoms. The fourth-order valence-corrected chi connectivity index (χ4v) is 2.98. The van der Waals surface area contributed by atoms with Crippen LogP contribution in [0.5, 0.6) is 0 Å². The van der Waals surface area contributed by atoms with Crippen molar-refractivity contribution in [1.29, 1.82) is 0 Å². The summed E-state index contributed by atoms with van der Waals surface area (Å²) in [7, 11) is -0.338. The molecule has 0 spiro atoms. The minimum absolute atomic E-state index is 0.0443. The number of hydrogen-bond donors (Lipinski definition) is 2. The van der Waals surface area contributed by atoms with Crippen molar-refractivity contribution >= 4 is 21.8 Å². The van der Waals surface area contributed by atoms with Crippen LogP contribution in [0.15, 0.2) is 53.4 Å². The Morgan fingerprint density at radius 1 is 1.04 bits per heavy atom. The third-order valence-electron chi connectivity index (χ3n) is 3.96. The van der Waals surface area contributed by atoms with Gasteiger partial charge in [-0.3, -0.25) is 9.59 Å². The molecule has 0 aliphatic carbocycles. The van der Waals surface area contributed by atoms with Crippen molar-refractivity contribution in [3.8, 4) is 0 Å². The van der Waals surface area contributed by atoms with E-state index in [1.165, 1.54) is 17.0 Å². The summed E-state index contributed by atoms with van der Waals surface area (Å²) in [6.45, 7) is 0.331. The van der Waals surface area contributed by atoms with Crippen molar-refractivity contribution < 1.29 is 18.0 Å². The first-order valence-corrected chi connectivity index (χ1v) is 9.90. The van der Waals surface area contributed by atoms with Crippen molar-refractivity contribution in [2.45, 2.75) is 24.3 Å². The number of carbonyl (C=O) groups excluding carboxylic acids is 2. The number of sulfonamides is 1. The van der Waals surface area contributed by atoms with E-state index >= 15 is 0 Å². The predicted molar refractivity (Wildman–Crippen MR) is 102 cm³/mol. The van der Waals surface area contributed by atoms with E-state index in [0.29, 0.717) is 18.5 Å². The van der Waals surface area contributed by atoms with Gasteiger partial charge in [-0.2, -0.15) is 0 Å². The average Bonchev–Trinajstić information content (AvgIpc) is 2.63. The Labute approximate surface area is 159 Å². The van der Waals surface area contributed by atoms with Crippen LogP contribution in [-0.4, -0.2) is 39.2 Å². The van der Waals surface area contributed by atoms with Crippen LogP contribution in [0.3, 0.4) is 0 Å². The summed E-state index contributed by atoms with van der Waals surface area (Å²) < 4.78 is 22.4. The number of amides is 2. The molecule has 0 unspecified atom stereocenters. The van der Waals surface area contributed by atoms with Gasteiger partial charge in [0.25, 0.3) is 5.91 Å². The Hall–Kier alpha value is -2.71. The first-order chi connectivity index (χ1) is 12.7. The summed E-state index contributed by atoms with van der Waals surface area (Å²) in [4.78, 5) is 25.6. The van der Waals surface area contributed by atoms with Gasteiger partial charge in [0, 0.05) is 32.6 Å². The lowest BCUT2D eigenvalue weighted by Gasteiger charge is -2.11. The predicted octanol–water partition coefficient (Wildman–Crippen LogP) is 1.28. The SMILES string of the molecule is CN(C)C(=O)c1cccc(CNC(=O)CCc2ccc(S(N)(=O)=O)cc2)c1. The first-order valence-electron chi connectivity index (χ1n) is 8.36.